The number of carbonyl (C=O) groups excluding carboxylic acids is 1. The molecule has 5 N–H and O–H groups in total. The molecule has 0 atom stereocenters. The van der Waals surface area contributed by atoms with Gasteiger partial charge < -0.3 is 15.5 Å². The van der Waals surface area contributed by atoms with Gasteiger partial charge >= 0.3 is 0 Å². The first-order chi connectivity index (χ1) is 9.99. The van der Waals surface area contributed by atoms with Crippen LogP contribution in [-0.4, -0.2) is 41.1 Å². The maximum Gasteiger partial charge on any atom is 0.240 e. The van der Waals surface area contributed by atoms with Crippen molar-refractivity contribution in [3.8, 4) is 0 Å². The van der Waals surface area contributed by atoms with E-state index in [0.717, 1.165) is 0 Å². The Morgan fingerprint density at radius 3 is 2.48 bits per heavy atom. The molecule has 0 aliphatic rings. The van der Waals surface area contributed by atoms with Crippen LogP contribution >= 0.6 is 0 Å². The Balaban J connectivity index is 2.43. The van der Waals surface area contributed by atoms with E-state index in [1.165, 1.54) is 19.2 Å². The molecule has 0 aliphatic carbocycles. The zero-order valence-corrected chi connectivity index (χ0v) is 12.6. The Hall–Kier alpha value is -1.68. The van der Waals surface area contributed by atoms with Crippen LogP contribution in [0.2, 0.25) is 0 Å². The molecule has 0 saturated heterocycles. The average Bonchev–Trinajstić information content (AvgIpc) is 2.47. The van der Waals surface area contributed by atoms with E-state index < -0.39 is 10.0 Å². The summed E-state index contributed by atoms with van der Waals surface area (Å²) in [7, 11) is -2.10. The van der Waals surface area contributed by atoms with Gasteiger partial charge in [0.05, 0.1) is 11.5 Å². The van der Waals surface area contributed by atoms with Crippen LogP contribution in [0.15, 0.2) is 29.2 Å². The molecule has 0 fully saturated rings. The highest BCUT2D eigenvalue weighted by Crippen LogP contribution is 2.12. The van der Waals surface area contributed by atoms with Gasteiger partial charge in [-0.2, -0.15) is 0 Å². The van der Waals surface area contributed by atoms with Crippen LogP contribution in [0.25, 0.3) is 0 Å². The first-order valence-electron chi connectivity index (χ1n) is 6.31. The zero-order chi connectivity index (χ0) is 15.7. The third-order valence-corrected chi connectivity index (χ3v) is 4.08. The topological polar surface area (TPSA) is 123 Å². The molecule has 8 nitrogen and oxygen atoms in total. The number of methoxy groups -OCH3 is 1. The number of sulfonamides is 1. The number of ether oxygens (including phenoxy) is 1. The molecule has 0 aliphatic heterocycles. The number of hydrogen-bond acceptors (Lipinski definition) is 6. The van der Waals surface area contributed by atoms with E-state index in [4.69, 9.17) is 10.6 Å². The van der Waals surface area contributed by atoms with Gasteiger partial charge in [-0.25, -0.2) is 13.1 Å². The second kappa shape index (κ2) is 8.57. The highest BCUT2D eigenvalue weighted by atomic mass is 32.2. The molecule has 0 aromatic heterocycles. The largest absolute Gasteiger partial charge is 0.383 e. The van der Waals surface area contributed by atoms with Crippen LogP contribution in [-0.2, 0) is 19.6 Å². The Labute approximate surface area is 124 Å². The molecule has 0 bridgehead atoms. The van der Waals surface area contributed by atoms with E-state index in [1.807, 2.05) is 0 Å². The van der Waals surface area contributed by atoms with Gasteiger partial charge in [-0.1, -0.05) is 0 Å². The summed E-state index contributed by atoms with van der Waals surface area (Å²) in [6, 6.07) is 5.95. The van der Waals surface area contributed by atoms with Crippen LogP contribution in [0.3, 0.4) is 0 Å². The molecule has 0 radical (unpaired) electrons. The van der Waals surface area contributed by atoms with Crippen molar-refractivity contribution in [1.29, 1.82) is 0 Å². The van der Waals surface area contributed by atoms with E-state index in [-0.39, 0.29) is 23.8 Å². The van der Waals surface area contributed by atoms with Crippen molar-refractivity contribution in [1.82, 2.24) is 10.0 Å². The molecule has 1 aromatic carbocycles. The quantitative estimate of drug-likeness (QED) is 0.274. The summed E-state index contributed by atoms with van der Waals surface area (Å²) in [6.07, 6.45) is 0.0609. The lowest BCUT2D eigenvalue weighted by atomic mass is 10.3. The number of amides is 1. The highest BCUT2D eigenvalue weighted by molar-refractivity contribution is 7.89. The number of benzene rings is 1. The smallest absolute Gasteiger partial charge is 0.240 e. The summed E-state index contributed by atoms with van der Waals surface area (Å²) < 4.78 is 31.1. The average molecular weight is 316 g/mol. The van der Waals surface area contributed by atoms with Gasteiger partial charge in [-0.05, 0) is 24.3 Å². The summed E-state index contributed by atoms with van der Waals surface area (Å²) in [5.74, 6) is 4.97. The minimum atomic E-state index is -3.63. The number of nitrogens with two attached hydrogens (primary N) is 1. The van der Waals surface area contributed by atoms with Gasteiger partial charge in [-0.3, -0.25) is 10.6 Å². The van der Waals surface area contributed by atoms with E-state index in [0.29, 0.717) is 18.8 Å². The summed E-state index contributed by atoms with van der Waals surface area (Å²) in [5.41, 5.74) is 3.01. The number of rotatable bonds is 9. The lowest BCUT2D eigenvalue weighted by molar-refractivity contribution is -0.121. The molecule has 0 unspecified atom stereocenters. The molecule has 1 aromatic rings. The van der Waals surface area contributed by atoms with Crippen LogP contribution in [0.4, 0.5) is 5.69 Å². The lowest BCUT2D eigenvalue weighted by Crippen LogP contribution is -2.32. The van der Waals surface area contributed by atoms with Gasteiger partial charge in [0.15, 0.2) is 0 Å². The maximum absolute atomic E-state index is 12.0. The molecular formula is C12H20N4O4S. The molecule has 21 heavy (non-hydrogen) atoms. The standard InChI is InChI=1S/C12H20N4O4S/c1-20-9-8-14-12(17)6-7-15-21(18,19)11-4-2-10(16-13)3-5-11/h2-5,15-16H,6-9,13H2,1H3,(H,14,17). The summed E-state index contributed by atoms with van der Waals surface area (Å²) in [6.45, 7) is 0.840. The first-order valence-corrected chi connectivity index (χ1v) is 7.80. The summed E-state index contributed by atoms with van der Waals surface area (Å²) in [4.78, 5) is 11.5. The molecule has 0 spiro atoms. The minimum Gasteiger partial charge on any atom is -0.383 e. The van der Waals surface area contributed by atoms with E-state index in [1.54, 1.807) is 12.1 Å². The second-order valence-corrected chi connectivity index (χ2v) is 5.93. The van der Waals surface area contributed by atoms with Gasteiger partial charge in [0.2, 0.25) is 15.9 Å². The van der Waals surface area contributed by atoms with Crippen LogP contribution in [0.1, 0.15) is 6.42 Å². The normalized spacial score (nSPS) is 11.1. The van der Waals surface area contributed by atoms with Crippen LogP contribution in [0.5, 0.6) is 0 Å². The number of hydrogen-bond donors (Lipinski definition) is 4. The second-order valence-electron chi connectivity index (χ2n) is 4.16. The van der Waals surface area contributed by atoms with Gasteiger partial charge in [-0.15, -0.1) is 0 Å². The fourth-order valence-electron chi connectivity index (χ4n) is 1.49. The van der Waals surface area contributed by atoms with E-state index >= 15 is 0 Å². The van der Waals surface area contributed by atoms with Gasteiger partial charge in [0.1, 0.15) is 0 Å². The number of anilines is 1. The van der Waals surface area contributed by atoms with Crippen molar-refractivity contribution in [3.63, 3.8) is 0 Å². The summed E-state index contributed by atoms with van der Waals surface area (Å²) >= 11 is 0. The Morgan fingerprint density at radius 2 is 1.90 bits per heavy atom. The Morgan fingerprint density at radius 1 is 1.24 bits per heavy atom. The maximum atomic E-state index is 12.0. The van der Waals surface area contributed by atoms with Gasteiger partial charge in [0, 0.05) is 32.3 Å². The zero-order valence-electron chi connectivity index (χ0n) is 11.8. The van der Waals surface area contributed by atoms with Crippen LogP contribution < -0.4 is 21.3 Å². The van der Waals surface area contributed by atoms with Crippen molar-refractivity contribution in [2.24, 2.45) is 5.84 Å². The lowest BCUT2D eigenvalue weighted by Gasteiger charge is -2.08. The third kappa shape index (κ3) is 6.08. The molecule has 118 valence electrons. The van der Waals surface area contributed by atoms with Crippen LogP contribution in [0, 0.1) is 0 Å². The molecule has 9 heteroatoms. The monoisotopic (exact) mass is 316 g/mol. The van der Waals surface area contributed by atoms with E-state index in [9.17, 15) is 13.2 Å². The number of nitrogen functional groups attached to an aromatic ring is 1. The van der Waals surface area contributed by atoms with Crippen molar-refractivity contribution in [2.45, 2.75) is 11.3 Å². The third-order valence-electron chi connectivity index (χ3n) is 2.60. The molecule has 1 amide bonds. The molecule has 0 heterocycles. The fraction of sp³-hybridized carbons (Fsp3) is 0.417. The minimum absolute atomic E-state index is 0.0258. The van der Waals surface area contributed by atoms with Crippen molar-refractivity contribution >= 4 is 21.6 Å². The first kappa shape index (κ1) is 17.4. The molecular weight excluding hydrogens is 296 g/mol. The predicted molar refractivity (Wildman–Crippen MR) is 78.9 cm³/mol. The fourth-order valence-corrected chi connectivity index (χ4v) is 2.53. The van der Waals surface area contributed by atoms with Crippen molar-refractivity contribution in [3.05, 3.63) is 24.3 Å². The van der Waals surface area contributed by atoms with Crippen molar-refractivity contribution in [2.75, 3.05) is 32.2 Å². The van der Waals surface area contributed by atoms with Gasteiger partial charge in [0.25, 0.3) is 0 Å². The Bertz CT molecular complexity index is 545. The SMILES string of the molecule is COCCNC(=O)CCNS(=O)(=O)c1ccc(NN)cc1. The highest BCUT2D eigenvalue weighted by Gasteiger charge is 2.13. The molecule has 0 saturated carbocycles. The predicted octanol–water partition coefficient (Wildman–Crippen LogP) is -0.597. The summed E-state index contributed by atoms with van der Waals surface area (Å²) in [5, 5.41) is 2.60. The van der Waals surface area contributed by atoms with E-state index in [2.05, 4.69) is 15.5 Å². The number of carbonyl (C=O) groups is 1. The molecule has 1 rings (SSSR count). The Kier molecular flexibility index (Phi) is 7.09. The number of nitrogens with one attached hydrogen (secondary N) is 3. The number of hydrazine groups is 1. The van der Waals surface area contributed by atoms with Crippen molar-refractivity contribution < 1.29 is 17.9 Å².